The predicted molar refractivity (Wildman–Crippen MR) is 98.9 cm³/mol. The molecule has 2 amide bonds. The molecule has 0 aromatic heterocycles. The second-order valence-corrected chi connectivity index (χ2v) is 6.30. The van der Waals surface area contributed by atoms with E-state index < -0.39 is 5.91 Å². The zero-order valence-electron chi connectivity index (χ0n) is 15.0. The first-order chi connectivity index (χ1) is 12.5. The van der Waals surface area contributed by atoms with Gasteiger partial charge in [0.15, 0.2) is 6.61 Å². The number of fused-ring (bicyclic) bond motifs is 1. The Hall–Kier alpha value is -3.02. The van der Waals surface area contributed by atoms with Crippen molar-refractivity contribution in [2.75, 3.05) is 25.2 Å². The van der Waals surface area contributed by atoms with Crippen molar-refractivity contribution in [2.45, 2.75) is 19.8 Å². The highest BCUT2D eigenvalue weighted by Gasteiger charge is 2.23. The molecule has 0 atom stereocenters. The number of nitrogens with zero attached hydrogens (tertiary/aromatic N) is 1. The molecule has 6 nitrogen and oxygen atoms in total. The van der Waals surface area contributed by atoms with E-state index in [-0.39, 0.29) is 18.1 Å². The maximum atomic E-state index is 12.7. The third-order valence-corrected chi connectivity index (χ3v) is 4.46. The molecular formula is C20H22N2O4. The summed E-state index contributed by atoms with van der Waals surface area (Å²) >= 11 is 0. The van der Waals surface area contributed by atoms with Gasteiger partial charge in [-0.1, -0.05) is 6.07 Å². The third kappa shape index (κ3) is 3.64. The molecule has 26 heavy (non-hydrogen) atoms. The van der Waals surface area contributed by atoms with Crippen molar-refractivity contribution in [3.63, 3.8) is 0 Å². The second-order valence-electron chi connectivity index (χ2n) is 6.30. The lowest BCUT2D eigenvalue weighted by Gasteiger charge is -2.29. The van der Waals surface area contributed by atoms with Crippen LogP contribution in [0.15, 0.2) is 36.4 Å². The van der Waals surface area contributed by atoms with E-state index in [1.54, 1.807) is 30.2 Å². The minimum Gasteiger partial charge on any atom is -0.497 e. The molecule has 0 saturated heterocycles. The van der Waals surface area contributed by atoms with Gasteiger partial charge in [0, 0.05) is 12.2 Å². The highest BCUT2D eigenvalue weighted by atomic mass is 16.5. The van der Waals surface area contributed by atoms with E-state index in [0.717, 1.165) is 35.4 Å². The van der Waals surface area contributed by atoms with Gasteiger partial charge in [0.2, 0.25) is 0 Å². The van der Waals surface area contributed by atoms with Crippen LogP contribution in [-0.4, -0.2) is 32.1 Å². The number of hydrogen-bond acceptors (Lipinski definition) is 4. The van der Waals surface area contributed by atoms with Gasteiger partial charge >= 0.3 is 0 Å². The summed E-state index contributed by atoms with van der Waals surface area (Å²) in [5, 5.41) is 0. The van der Waals surface area contributed by atoms with Crippen LogP contribution in [-0.2, 0) is 11.2 Å². The number of nitrogens with two attached hydrogens (primary N) is 1. The molecule has 1 aliphatic heterocycles. The van der Waals surface area contributed by atoms with E-state index in [1.807, 2.05) is 25.1 Å². The number of carbonyl (C=O) groups excluding carboxylic acids is 2. The molecule has 0 aliphatic carbocycles. The topological polar surface area (TPSA) is 81.9 Å². The number of hydrogen-bond donors (Lipinski definition) is 1. The first kappa shape index (κ1) is 17.8. The van der Waals surface area contributed by atoms with Gasteiger partial charge in [-0.3, -0.25) is 9.59 Å². The number of anilines is 1. The fourth-order valence-corrected chi connectivity index (χ4v) is 3.13. The first-order valence-electron chi connectivity index (χ1n) is 8.50. The summed E-state index contributed by atoms with van der Waals surface area (Å²) in [6, 6.07) is 10.8. The number of primary amides is 1. The molecule has 136 valence electrons. The number of rotatable bonds is 5. The van der Waals surface area contributed by atoms with E-state index in [1.165, 1.54) is 0 Å². The molecule has 1 heterocycles. The zero-order valence-corrected chi connectivity index (χ0v) is 15.0. The number of methoxy groups -OCH3 is 1. The molecule has 0 fully saturated rings. The summed E-state index contributed by atoms with van der Waals surface area (Å²) < 4.78 is 10.9. The predicted octanol–water partition coefficient (Wildman–Crippen LogP) is 2.46. The molecule has 2 aromatic carbocycles. The Morgan fingerprint density at radius 1 is 1.19 bits per heavy atom. The highest BCUT2D eigenvalue weighted by Crippen LogP contribution is 2.30. The summed E-state index contributed by atoms with van der Waals surface area (Å²) in [4.78, 5) is 26.0. The molecule has 0 unspecified atom stereocenters. The Kier molecular flexibility index (Phi) is 5.11. The average Bonchev–Trinajstić information content (AvgIpc) is 2.64. The van der Waals surface area contributed by atoms with Crippen LogP contribution in [0.25, 0.3) is 0 Å². The smallest absolute Gasteiger partial charge is 0.264 e. The molecule has 0 bridgehead atoms. The maximum Gasteiger partial charge on any atom is 0.264 e. The summed E-state index contributed by atoms with van der Waals surface area (Å²) in [5.74, 6) is 0.369. The fraction of sp³-hybridized carbons (Fsp3) is 0.300. The van der Waals surface area contributed by atoms with Crippen LogP contribution in [0, 0.1) is 6.92 Å². The van der Waals surface area contributed by atoms with E-state index in [9.17, 15) is 9.59 Å². The number of amides is 2. The third-order valence-electron chi connectivity index (χ3n) is 4.46. The van der Waals surface area contributed by atoms with Crippen LogP contribution in [0.2, 0.25) is 0 Å². The minimum atomic E-state index is -0.581. The van der Waals surface area contributed by atoms with Crippen molar-refractivity contribution in [3.8, 4) is 11.5 Å². The molecular weight excluding hydrogens is 332 g/mol. The van der Waals surface area contributed by atoms with Crippen molar-refractivity contribution in [1.29, 1.82) is 0 Å². The molecule has 0 radical (unpaired) electrons. The lowest BCUT2D eigenvalue weighted by molar-refractivity contribution is -0.120. The van der Waals surface area contributed by atoms with Crippen molar-refractivity contribution < 1.29 is 19.1 Å². The van der Waals surface area contributed by atoms with Crippen LogP contribution in [0.3, 0.4) is 0 Å². The SMILES string of the molecule is COc1ccc2c(c1)CCCN2C(=O)COc1cc(C)ccc1C(N)=O. The van der Waals surface area contributed by atoms with E-state index in [0.29, 0.717) is 12.3 Å². The van der Waals surface area contributed by atoms with Crippen LogP contribution in [0.4, 0.5) is 5.69 Å². The van der Waals surface area contributed by atoms with Crippen LogP contribution >= 0.6 is 0 Å². The Morgan fingerprint density at radius 3 is 2.73 bits per heavy atom. The Morgan fingerprint density at radius 2 is 2.00 bits per heavy atom. The van der Waals surface area contributed by atoms with Crippen LogP contribution in [0.1, 0.15) is 27.9 Å². The molecule has 2 aromatic rings. The minimum absolute atomic E-state index is 0.158. The van der Waals surface area contributed by atoms with Crippen LogP contribution < -0.4 is 20.1 Å². The maximum absolute atomic E-state index is 12.7. The van der Waals surface area contributed by atoms with Gasteiger partial charge in [-0.25, -0.2) is 0 Å². The molecule has 6 heteroatoms. The molecule has 3 rings (SSSR count). The molecule has 1 aliphatic rings. The molecule has 0 saturated carbocycles. The van der Waals surface area contributed by atoms with Gasteiger partial charge in [0.25, 0.3) is 11.8 Å². The quantitative estimate of drug-likeness (QED) is 0.894. The van der Waals surface area contributed by atoms with Gasteiger partial charge < -0.3 is 20.1 Å². The second kappa shape index (κ2) is 7.47. The number of carbonyl (C=O) groups is 2. The van der Waals surface area contributed by atoms with Gasteiger partial charge in [0.05, 0.1) is 12.7 Å². The lowest BCUT2D eigenvalue weighted by Crippen LogP contribution is -2.38. The summed E-state index contributed by atoms with van der Waals surface area (Å²) in [7, 11) is 1.62. The van der Waals surface area contributed by atoms with E-state index >= 15 is 0 Å². The Bertz CT molecular complexity index is 848. The Labute approximate surface area is 152 Å². The van der Waals surface area contributed by atoms with Gasteiger partial charge in [-0.15, -0.1) is 0 Å². The molecule has 2 N–H and O–H groups in total. The monoisotopic (exact) mass is 354 g/mol. The number of aryl methyl sites for hydroxylation is 2. The number of benzene rings is 2. The lowest BCUT2D eigenvalue weighted by atomic mass is 10.0. The van der Waals surface area contributed by atoms with Gasteiger partial charge in [-0.05, 0) is 61.2 Å². The van der Waals surface area contributed by atoms with Crippen molar-refractivity contribution >= 4 is 17.5 Å². The Balaban J connectivity index is 1.76. The van der Waals surface area contributed by atoms with Gasteiger partial charge in [0.1, 0.15) is 11.5 Å². The summed E-state index contributed by atoms with van der Waals surface area (Å²) in [6.07, 6.45) is 1.78. The first-order valence-corrected chi connectivity index (χ1v) is 8.50. The summed E-state index contributed by atoms with van der Waals surface area (Å²) in [5.41, 5.74) is 8.53. The number of ether oxygens (including phenoxy) is 2. The van der Waals surface area contributed by atoms with Crippen molar-refractivity contribution in [3.05, 3.63) is 53.1 Å². The zero-order chi connectivity index (χ0) is 18.7. The van der Waals surface area contributed by atoms with E-state index in [2.05, 4.69) is 0 Å². The largest absolute Gasteiger partial charge is 0.497 e. The normalized spacial score (nSPS) is 13.1. The van der Waals surface area contributed by atoms with Crippen LogP contribution in [0.5, 0.6) is 11.5 Å². The highest BCUT2D eigenvalue weighted by molar-refractivity contribution is 5.97. The standard InChI is InChI=1S/C20H22N2O4/c1-13-5-7-16(20(21)24)18(10-13)26-12-19(23)22-9-3-4-14-11-15(25-2)6-8-17(14)22/h5-8,10-11H,3-4,9,12H2,1-2H3,(H2,21,24). The van der Waals surface area contributed by atoms with Gasteiger partial charge in [-0.2, -0.15) is 0 Å². The van der Waals surface area contributed by atoms with Crippen molar-refractivity contribution in [1.82, 2.24) is 0 Å². The fourth-order valence-electron chi connectivity index (χ4n) is 3.13. The van der Waals surface area contributed by atoms with E-state index in [4.69, 9.17) is 15.2 Å². The molecule has 0 spiro atoms. The summed E-state index contributed by atoms with van der Waals surface area (Å²) in [6.45, 7) is 2.36. The average molecular weight is 354 g/mol. The van der Waals surface area contributed by atoms with Crippen molar-refractivity contribution in [2.24, 2.45) is 5.73 Å².